The molecule has 1 aliphatic carbocycles. The summed E-state index contributed by atoms with van der Waals surface area (Å²) in [6, 6.07) is -0.867. The molecular formula is C9H15N3O2. The van der Waals surface area contributed by atoms with Gasteiger partial charge >= 0.3 is 5.97 Å². The highest BCUT2D eigenvalue weighted by Gasteiger charge is 2.19. The molecular weight excluding hydrogens is 182 g/mol. The molecule has 5 heteroatoms. The lowest BCUT2D eigenvalue weighted by atomic mass is 9.95. The van der Waals surface area contributed by atoms with E-state index in [4.69, 9.17) is 22.3 Å². The van der Waals surface area contributed by atoms with Crippen LogP contribution in [-0.4, -0.2) is 22.8 Å². The molecule has 7 N–H and O–H groups in total. The van der Waals surface area contributed by atoms with Crippen molar-refractivity contribution in [3.8, 4) is 0 Å². The molecule has 1 aliphatic rings. The highest BCUT2D eigenvalue weighted by atomic mass is 16.4. The molecule has 1 atom stereocenters. The van der Waals surface area contributed by atoms with Crippen molar-refractivity contribution < 1.29 is 9.90 Å². The van der Waals surface area contributed by atoms with Crippen molar-refractivity contribution >= 4 is 5.97 Å². The first kappa shape index (κ1) is 10.9. The van der Waals surface area contributed by atoms with Crippen LogP contribution in [-0.2, 0) is 4.79 Å². The Balaban J connectivity index is 2.54. The average molecular weight is 197 g/mol. The lowest BCUT2D eigenvalue weighted by Gasteiger charge is -2.23. The number of aliphatic carboxylic acids is 1. The highest BCUT2D eigenvalue weighted by molar-refractivity contribution is 5.73. The first-order valence-electron chi connectivity index (χ1n) is 4.35. The number of hydrogen-bond donors (Lipinski definition) is 4. The second-order valence-electron chi connectivity index (χ2n) is 3.58. The predicted octanol–water partition coefficient (Wildman–Crippen LogP) is -0.712. The molecule has 0 unspecified atom stereocenters. The van der Waals surface area contributed by atoms with Crippen LogP contribution >= 0.6 is 0 Å². The number of carboxylic acid groups (broad SMARTS) is 1. The topological polar surface area (TPSA) is 115 Å². The smallest absolute Gasteiger partial charge is 0.320 e. The van der Waals surface area contributed by atoms with Gasteiger partial charge < -0.3 is 22.3 Å². The van der Waals surface area contributed by atoms with Crippen LogP contribution in [0.5, 0.6) is 0 Å². The van der Waals surface area contributed by atoms with Gasteiger partial charge in [-0.15, -0.1) is 0 Å². The van der Waals surface area contributed by atoms with Gasteiger partial charge in [0.2, 0.25) is 0 Å². The Bertz CT molecular complexity index is 294. The molecule has 0 bridgehead atoms. The van der Waals surface area contributed by atoms with Gasteiger partial charge in [0, 0.05) is 6.42 Å². The summed E-state index contributed by atoms with van der Waals surface area (Å²) in [5.74, 6) is -1.00. The standard InChI is InChI=1S/C9H15N3O2/c10-7(8(13)14)5-6-1-3-9(11,12)4-2-6/h1-3,7H,4-5,10-12H2,(H,13,14)/t7-/m0/s1. The van der Waals surface area contributed by atoms with E-state index in [1.807, 2.05) is 6.08 Å². The van der Waals surface area contributed by atoms with Gasteiger partial charge in [0.1, 0.15) is 6.04 Å². The Morgan fingerprint density at radius 2 is 2.29 bits per heavy atom. The third kappa shape index (κ3) is 2.95. The molecule has 78 valence electrons. The molecule has 0 radical (unpaired) electrons. The maximum absolute atomic E-state index is 10.5. The number of carbonyl (C=O) groups is 1. The van der Waals surface area contributed by atoms with Gasteiger partial charge in [-0.3, -0.25) is 4.79 Å². The van der Waals surface area contributed by atoms with E-state index in [-0.39, 0.29) is 0 Å². The fraction of sp³-hybridized carbons (Fsp3) is 0.444. The summed E-state index contributed by atoms with van der Waals surface area (Å²) in [7, 11) is 0. The van der Waals surface area contributed by atoms with Crippen molar-refractivity contribution in [2.24, 2.45) is 17.2 Å². The van der Waals surface area contributed by atoms with Gasteiger partial charge in [0.05, 0.1) is 5.66 Å². The summed E-state index contributed by atoms with van der Waals surface area (Å²) >= 11 is 0. The molecule has 0 aliphatic heterocycles. The number of nitrogens with two attached hydrogens (primary N) is 3. The Morgan fingerprint density at radius 1 is 1.64 bits per heavy atom. The fourth-order valence-corrected chi connectivity index (χ4v) is 1.20. The third-order valence-electron chi connectivity index (χ3n) is 2.10. The van der Waals surface area contributed by atoms with Crippen molar-refractivity contribution in [2.45, 2.75) is 24.5 Å². The van der Waals surface area contributed by atoms with E-state index in [0.29, 0.717) is 12.8 Å². The molecule has 14 heavy (non-hydrogen) atoms. The summed E-state index contributed by atoms with van der Waals surface area (Å²) in [6.45, 7) is 0. The summed E-state index contributed by atoms with van der Waals surface area (Å²) in [5.41, 5.74) is 16.7. The van der Waals surface area contributed by atoms with Gasteiger partial charge in [-0.05, 0) is 18.1 Å². The minimum absolute atomic E-state index is 0.307. The van der Waals surface area contributed by atoms with E-state index in [1.165, 1.54) is 0 Å². The van der Waals surface area contributed by atoms with Crippen LogP contribution in [0.3, 0.4) is 0 Å². The molecule has 0 spiro atoms. The van der Waals surface area contributed by atoms with Crippen LogP contribution in [0.2, 0.25) is 0 Å². The SMILES string of the molecule is N[C@@H](CC1=CCC(N)(N)C=C1)C(=O)O. The van der Waals surface area contributed by atoms with Crippen LogP contribution < -0.4 is 17.2 Å². The molecule has 0 aromatic carbocycles. The van der Waals surface area contributed by atoms with E-state index in [2.05, 4.69) is 0 Å². The quantitative estimate of drug-likeness (QED) is 0.446. The second kappa shape index (κ2) is 3.91. The van der Waals surface area contributed by atoms with Crippen molar-refractivity contribution in [1.82, 2.24) is 0 Å². The zero-order valence-corrected chi connectivity index (χ0v) is 7.81. The minimum Gasteiger partial charge on any atom is -0.480 e. The number of allylic oxidation sites excluding steroid dienone is 1. The first-order valence-corrected chi connectivity index (χ1v) is 4.35. The largest absolute Gasteiger partial charge is 0.480 e. The monoisotopic (exact) mass is 197 g/mol. The first-order chi connectivity index (χ1) is 6.41. The van der Waals surface area contributed by atoms with Crippen LogP contribution in [0.1, 0.15) is 12.8 Å². The second-order valence-corrected chi connectivity index (χ2v) is 3.58. The van der Waals surface area contributed by atoms with Gasteiger partial charge in [-0.25, -0.2) is 0 Å². The highest BCUT2D eigenvalue weighted by Crippen LogP contribution is 2.17. The maximum Gasteiger partial charge on any atom is 0.320 e. The van der Waals surface area contributed by atoms with E-state index in [9.17, 15) is 4.79 Å². The maximum atomic E-state index is 10.5. The predicted molar refractivity (Wildman–Crippen MR) is 53.2 cm³/mol. The number of hydrogen-bond acceptors (Lipinski definition) is 4. The van der Waals surface area contributed by atoms with Crippen LogP contribution in [0.25, 0.3) is 0 Å². The third-order valence-corrected chi connectivity index (χ3v) is 2.10. The summed E-state index contributed by atoms with van der Waals surface area (Å²) in [6.07, 6.45) is 6.03. The van der Waals surface area contributed by atoms with Gasteiger partial charge in [0.25, 0.3) is 0 Å². The van der Waals surface area contributed by atoms with Gasteiger partial charge in [0.15, 0.2) is 0 Å². The zero-order chi connectivity index (χ0) is 10.8. The van der Waals surface area contributed by atoms with Crippen LogP contribution in [0.15, 0.2) is 23.8 Å². The van der Waals surface area contributed by atoms with E-state index < -0.39 is 17.7 Å². The number of carboxylic acids is 1. The molecule has 0 saturated heterocycles. The molecule has 1 rings (SSSR count). The van der Waals surface area contributed by atoms with Crippen molar-refractivity contribution in [2.75, 3.05) is 0 Å². The number of rotatable bonds is 3. The average Bonchev–Trinajstić information content (AvgIpc) is 2.08. The Morgan fingerprint density at radius 3 is 2.71 bits per heavy atom. The lowest BCUT2D eigenvalue weighted by molar-refractivity contribution is -0.138. The van der Waals surface area contributed by atoms with Gasteiger partial charge in [-0.2, -0.15) is 0 Å². The summed E-state index contributed by atoms with van der Waals surface area (Å²) < 4.78 is 0. The van der Waals surface area contributed by atoms with Crippen molar-refractivity contribution in [1.29, 1.82) is 0 Å². The van der Waals surface area contributed by atoms with Crippen molar-refractivity contribution in [3.05, 3.63) is 23.8 Å². The minimum atomic E-state index is -1.00. The fourth-order valence-electron chi connectivity index (χ4n) is 1.20. The molecule has 0 amide bonds. The molecule has 0 heterocycles. The normalized spacial score (nSPS) is 21.5. The van der Waals surface area contributed by atoms with Crippen molar-refractivity contribution in [3.63, 3.8) is 0 Å². The zero-order valence-electron chi connectivity index (χ0n) is 7.81. The van der Waals surface area contributed by atoms with Crippen LogP contribution in [0, 0.1) is 0 Å². The lowest BCUT2D eigenvalue weighted by Crippen LogP contribution is -2.47. The van der Waals surface area contributed by atoms with E-state index in [1.54, 1.807) is 12.2 Å². The van der Waals surface area contributed by atoms with Gasteiger partial charge in [-0.1, -0.05) is 12.2 Å². The van der Waals surface area contributed by atoms with E-state index in [0.717, 1.165) is 5.57 Å². The van der Waals surface area contributed by atoms with E-state index >= 15 is 0 Å². The molecule has 0 aromatic heterocycles. The summed E-state index contributed by atoms with van der Waals surface area (Å²) in [4.78, 5) is 10.5. The molecule has 0 aromatic rings. The molecule has 5 nitrogen and oxygen atoms in total. The molecule has 0 saturated carbocycles. The Kier molecular flexibility index (Phi) is 3.05. The Labute approximate surface area is 82.2 Å². The molecule has 0 fully saturated rings. The summed E-state index contributed by atoms with van der Waals surface area (Å²) in [5, 5.41) is 8.59. The van der Waals surface area contributed by atoms with Crippen LogP contribution in [0.4, 0.5) is 0 Å². The Hall–Kier alpha value is -1.17.